The van der Waals surface area contributed by atoms with Crippen molar-refractivity contribution in [2.75, 3.05) is 36.4 Å². The van der Waals surface area contributed by atoms with Gasteiger partial charge in [0.1, 0.15) is 28.7 Å². The number of piperidine rings is 1. The molecule has 1 saturated heterocycles. The summed E-state index contributed by atoms with van der Waals surface area (Å²) in [5.74, 6) is 2.23. The fraction of sp³-hybridized carbons (Fsp3) is 0.400. The van der Waals surface area contributed by atoms with Gasteiger partial charge in [-0.1, -0.05) is 28.4 Å². The Kier molecular flexibility index (Phi) is 4.23. The lowest BCUT2D eigenvalue weighted by Gasteiger charge is -2.35. The topological polar surface area (TPSA) is 71.2 Å². The molecule has 30 heavy (non-hydrogen) atoms. The summed E-state index contributed by atoms with van der Waals surface area (Å²) in [6.45, 7) is 3.93. The zero-order chi connectivity index (χ0) is 20.4. The number of anilines is 2. The minimum Gasteiger partial charge on any atom is -0.368 e. The van der Waals surface area contributed by atoms with Crippen LogP contribution in [-0.4, -0.2) is 40.9 Å². The van der Waals surface area contributed by atoms with Crippen LogP contribution in [0.25, 0.3) is 17.3 Å². The van der Waals surface area contributed by atoms with Gasteiger partial charge in [0, 0.05) is 36.1 Å². The van der Waals surface area contributed by atoms with Gasteiger partial charge in [-0.15, -0.1) is 0 Å². The largest absolute Gasteiger partial charge is 0.368 e. The zero-order valence-corrected chi connectivity index (χ0v) is 17.5. The molecular weight excluding hydrogens is 430 g/mol. The number of hydrogen-bond acceptors (Lipinski definition) is 6. The highest BCUT2D eigenvalue weighted by molar-refractivity contribution is 6.36. The van der Waals surface area contributed by atoms with Crippen LogP contribution < -0.4 is 15.5 Å². The first-order valence-corrected chi connectivity index (χ1v) is 10.8. The molecule has 0 bridgehead atoms. The first-order chi connectivity index (χ1) is 14.6. The molecule has 5 heterocycles. The van der Waals surface area contributed by atoms with Gasteiger partial charge in [0.05, 0.1) is 5.02 Å². The average molecular weight is 449 g/mol. The molecule has 1 fully saturated rings. The quantitative estimate of drug-likeness (QED) is 0.456. The summed E-state index contributed by atoms with van der Waals surface area (Å²) < 4.78 is 21.6. The molecule has 0 atom stereocenters. The highest BCUT2D eigenvalue weighted by Crippen LogP contribution is 2.58. The molecule has 10 heteroatoms. The van der Waals surface area contributed by atoms with Crippen molar-refractivity contribution in [3.8, 4) is 17.3 Å². The lowest BCUT2D eigenvalue weighted by Crippen LogP contribution is -2.36. The lowest BCUT2D eigenvalue weighted by atomic mass is 9.98. The van der Waals surface area contributed by atoms with Gasteiger partial charge in [-0.2, -0.15) is 4.98 Å². The van der Waals surface area contributed by atoms with E-state index in [2.05, 4.69) is 30.2 Å². The van der Waals surface area contributed by atoms with E-state index < -0.39 is 5.82 Å². The molecule has 7 nitrogen and oxygen atoms in total. The van der Waals surface area contributed by atoms with Gasteiger partial charge in [0.2, 0.25) is 0 Å². The van der Waals surface area contributed by atoms with E-state index in [1.54, 1.807) is 6.07 Å². The number of halogens is 3. The highest BCUT2D eigenvalue weighted by atomic mass is 35.5. The fourth-order valence-electron chi connectivity index (χ4n) is 4.49. The Morgan fingerprint density at radius 1 is 1.17 bits per heavy atom. The second kappa shape index (κ2) is 6.87. The molecule has 0 saturated carbocycles. The predicted octanol–water partition coefficient (Wildman–Crippen LogP) is 4.19. The fourth-order valence-corrected chi connectivity index (χ4v) is 4.98. The van der Waals surface area contributed by atoms with Crippen molar-refractivity contribution in [1.29, 1.82) is 0 Å². The SMILES string of the molecule is Fc1ccc(Cl)c(CN2CCNc3c2c2c(-c4nc(C5CCNCC5)no4)n3-2)c1Cl. The van der Waals surface area contributed by atoms with Gasteiger partial charge in [-0.05, 0) is 38.1 Å². The minimum atomic E-state index is -0.460. The van der Waals surface area contributed by atoms with Crippen LogP contribution in [-0.2, 0) is 6.54 Å². The number of fused-ring (bicyclic) bond motifs is 4. The molecule has 2 N–H and O–H groups in total. The number of aromatic nitrogens is 3. The Balaban J connectivity index is 1.29. The number of hydrogen-bond donors (Lipinski definition) is 2. The normalized spacial score (nSPS) is 17.8. The van der Waals surface area contributed by atoms with Gasteiger partial charge < -0.3 is 20.1 Å². The van der Waals surface area contributed by atoms with Crippen LogP contribution in [0.3, 0.4) is 0 Å². The van der Waals surface area contributed by atoms with Crippen molar-refractivity contribution in [2.45, 2.75) is 25.3 Å². The monoisotopic (exact) mass is 448 g/mol. The Labute approximate surface area is 182 Å². The molecule has 156 valence electrons. The number of rotatable bonds is 4. The first-order valence-electron chi connectivity index (χ1n) is 10.1. The third-order valence-corrected chi connectivity index (χ3v) is 6.88. The van der Waals surface area contributed by atoms with Gasteiger partial charge in [-0.25, -0.2) is 4.39 Å². The lowest BCUT2D eigenvalue weighted by molar-refractivity contribution is 0.392. The van der Waals surface area contributed by atoms with Crippen molar-refractivity contribution in [3.63, 3.8) is 0 Å². The summed E-state index contributed by atoms with van der Waals surface area (Å²) in [5, 5.41) is 11.5. The number of nitrogens with one attached hydrogen (secondary N) is 2. The molecule has 0 amide bonds. The second-order valence-corrected chi connectivity index (χ2v) is 8.67. The molecule has 6 rings (SSSR count). The maximum Gasteiger partial charge on any atom is 0.277 e. The Morgan fingerprint density at radius 2 is 2.00 bits per heavy atom. The van der Waals surface area contributed by atoms with E-state index in [4.69, 9.17) is 27.7 Å². The van der Waals surface area contributed by atoms with Crippen molar-refractivity contribution >= 4 is 34.7 Å². The van der Waals surface area contributed by atoms with Crippen molar-refractivity contribution in [2.24, 2.45) is 0 Å². The molecule has 1 aromatic heterocycles. The second-order valence-electron chi connectivity index (χ2n) is 7.88. The molecule has 4 aliphatic heterocycles. The van der Waals surface area contributed by atoms with Crippen LogP contribution in [0.5, 0.6) is 0 Å². The molecule has 0 aliphatic carbocycles. The molecule has 0 unspecified atom stereocenters. The summed E-state index contributed by atoms with van der Waals surface area (Å²) in [5.41, 5.74) is 3.68. The average Bonchev–Trinajstić information content (AvgIpc) is 3.14. The van der Waals surface area contributed by atoms with Crippen molar-refractivity contribution in [1.82, 2.24) is 20.0 Å². The molecule has 0 spiro atoms. The van der Waals surface area contributed by atoms with E-state index >= 15 is 0 Å². The predicted molar refractivity (Wildman–Crippen MR) is 113 cm³/mol. The minimum absolute atomic E-state index is 0.0767. The van der Waals surface area contributed by atoms with E-state index in [-0.39, 0.29) is 5.02 Å². The Bertz CT molecular complexity index is 1150. The smallest absolute Gasteiger partial charge is 0.277 e. The standard InChI is InChI=1S/C20H19Cl2FN6O/c21-12-1-2-13(23)14(22)11(12)9-28-8-7-25-19-16(28)15-17(29(15)19)20-26-18(27-30-20)10-3-5-24-6-4-10/h1-2,10,24-25H,3-9H2. The summed E-state index contributed by atoms with van der Waals surface area (Å²) in [6, 6.07) is 2.84. The number of nitrogens with zero attached hydrogens (tertiary/aromatic N) is 4. The zero-order valence-electron chi connectivity index (χ0n) is 16.0. The van der Waals surface area contributed by atoms with Gasteiger partial charge in [-0.3, -0.25) is 4.57 Å². The van der Waals surface area contributed by atoms with Crippen molar-refractivity contribution in [3.05, 3.63) is 39.4 Å². The van der Waals surface area contributed by atoms with Gasteiger partial charge >= 0.3 is 0 Å². The van der Waals surface area contributed by atoms with Gasteiger partial charge in [0.25, 0.3) is 5.89 Å². The molecular formula is C20H19Cl2FN6O. The summed E-state index contributed by atoms with van der Waals surface area (Å²) in [6.07, 6.45) is 2.04. The van der Waals surface area contributed by atoms with E-state index in [1.807, 2.05) is 0 Å². The Morgan fingerprint density at radius 3 is 2.83 bits per heavy atom. The van der Waals surface area contributed by atoms with E-state index in [0.29, 0.717) is 28.9 Å². The third kappa shape index (κ3) is 2.74. The summed E-state index contributed by atoms with van der Waals surface area (Å²) in [4.78, 5) is 6.84. The summed E-state index contributed by atoms with van der Waals surface area (Å²) in [7, 11) is 0. The van der Waals surface area contributed by atoms with Crippen LogP contribution in [0, 0.1) is 5.82 Å². The van der Waals surface area contributed by atoms with Crippen LogP contribution in [0.15, 0.2) is 16.7 Å². The third-order valence-electron chi connectivity index (χ3n) is 6.12. The van der Waals surface area contributed by atoms with E-state index in [0.717, 1.165) is 67.7 Å². The van der Waals surface area contributed by atoms with Gasteiger partial charge in [0.15, 0.2) is 5.82 Å². The molecule has 4 aliphatic rings. The van der Waals surface area contributed by atoms with Crippen LogP contribution in [0.1, 0.15) is 30.1 Å². The molecule has 1 aromatic carbocycles. The maximum absolute atomic E-state index is 13.9. The first kappa shape index (κ1) is 18.5. The van der Waals surface area contributed by atoms with Crippen molar-refractivity contribution < 1.29 is 8.91 Å². The van der Waals surface area contributed by atoms with Crippen LogP contribution >= 0.6 is 23.2 Å². The van der Waals surface area contributed by atoms with E-state index in [9.17, 15) is 4.39 Å². The van der Waals surface area contributed by atoms with Crippen LogP contribution in [0.2, 0.25) is 10.0 Å². The molecule has 0 radical (unpaired) electrons. The highest BCUT2D eigenvalue weighted by Gasteiger charge is 2.45. The van der Waals surface area contributed by atoms with E-state index in [1.165, 1.54) is 6.07 Å². The van der Waals surface area contributed by atoms with Crippen LogP contribution in [0.4, 0.5) is 15.9 Å². The Hall–Kier alpha value is -2.29. The number of benzene rings is 1. The molecule has 2 aromatic rings. The maximum atomic E-state index is 13.9. The summed E-state index contributed by atoms with van der Waals surface area (Å²) >= 11 is 12.5.